The molecular weight excluding hydrogens is 150 g/mol. The van der Waals surface area contributed by atoms with Gasteiger partial charge in [0.25, 0.3) is 5.03 Å². The van der Waals surface area contributed by atoms with Crippen LogP contribution in [0, 0.1) is 6.92 Å². The van der Waals surface area contributed by atoms with E-state index in [2.05, 4.69) is 0 Å². The van der Waals surface area contributed by atoms with Gasteiger partial charge in [-0.15, -0.1) is 0 Å². The van der Waals surface area contributed by atoms with E-state index in [1.807, 2.05) is 11.5 Å². The number of aryl methyl sites for hydroxylation is 1. The molecule has 54 valence electrons. The van der Waals surface area contributed by atoms with Crippen LogP contribution in [0.2, 0.25) is 0 Å². The topological polar surface area (TPSA) is 40.1 Å². The molecule has 0 bridgehead atoms. The molecule has 0 radical (unpaired) electrons. The van der Waals surface area contributed by atoms with Crippen molar-refractivity contribution in [3.8, 4) is 5.95 Å². The maximum atomic E-state index is 10.9. The third-order valence-electron chi connectivity index (χ3n) is 1.59. The fourth-order valence-electron chi connectivity index (χ4n) is 1.12. The van der Waals surface area contributed by atoms with Crippen LogP contribution in [0.4, 0.5) is 0 Å². The molecule has 0 saturated carbocycles. The first kappa shape index (κ1) is 6.09. The Morgan fingerprint density at radius 3 is 3.20 bits per heavy atom. The molecule has 0 saturated heterocycles. The number of aromatic nitrogens is 1. The Morgan fingerprint density at radius 2 is 2.50 bits per heavy atom. The summed E-state index contributed by atoms with van der Waals surface area (Å²) in [5.41, 5.74) is 0. The monoisotopic (exact) mass is 157 g/mol. The normalized spacial score (nSPS) is 15.7. The van der Waals surface area contributed by atoms with Crippen LogP contribution in [0.3, 0.4) is 0 Å². The Labute approximate surface area is 62.7 Å². The van der Waals surface area contributed by atoms with Crippen molar-refractivity contribution >= 4 is 11.8 Å². The van der Waals surface area contributed by atoms with Gasteiger partial charge in [0.05, 0.1) is 5.75 Å². The molecular formula is C6H7NO2S. The SMILES string of the molecule is Cc1oc([O-])c2[n+]1CCS2. The summed E-state index contributed by atoms with van der Waals surface area (Å²) in [7, 11) is 0. The summed E-state index contributed by atoms with van der Waals surface area (Å²) in [6.07, 6.45) is 0. The Bertz CT molecular complexity index is 244. The molecule has 2 heterocycles. The van der Waals surface area contributed by atoms with E-state index in [1.165, 1.54) is 0 Å². The highest BCUT2D eigenvalue weighted by Gasteiger charge is 2.24. The fourth-order valence-corrected chi connectivity index (χ4v) is 2.12. The zero-order valence-corrected chi connectivity index (χ0v) is 6.40. The van der Waals surface area contributed by atoms with Crippen LogP contribution in [0.1, 0.15) is 5.89 Å². The number of hydrogen-bond acceptors (Lipinski definition) is 3. The van der Waals surface area contributed by atoms with Gasteiger partial charge in [0.1, 0.15) is 5.95 Å². The summed E-state index contributed by atoms with van der Waals surface area (Å²) in [5.74, 6) is 1.55. The standard InChI is InChI=1S/C6H7NO2S/c1-4-7-2-3-10-5(7)6(8)9-4/h2-3H2,1H3. The lowest BCUT2D eigenvalue weighted by Crippen LogP contribution is -2.33. The molecule has 0 aliphatic carbocycles. The second-order valence-corrected chi connectivity index (χ2v) is 3.30. The zero-order chi connectivity index (χ0) is 7.14. The second-order valence-electron chi connectivity index (χ2n) is 2.21. The second kappa shape index (κ2) is 1.92. The van der Waals surface area contributed by atoms with Crippen molar-refractivity contribution in [3.63, 3.8) is 0 Å². The molecule has 0 N–H and O–H groups in total. The third-order valence-corrected chi connectivity index (χ3v) is 2.64. The number of oxazole rings is 1. The molecule has 10 heavy (non-hydrogen) atoms. The lowest BCUT2D eigenvalue weighted by atomic mass is 10.6. The maximum absolute atomic E-state index is 10.9. The minimum absolute atomic E-state index is 0.181. The quantitative estimate of drug-likeness (QED) is 0.500. The molecule has 1 aliphatic heterocycles. The van der Waals surface area contributed by atoms with Crippen LogP contribution < -0.4 is 9.67 Å². The van der Waals surface area contributed by atoms with Crippen molar-refractivity contribution in [2.24, 2.45) is 0 Å². The van der Waals surface area contributed by atoms with Crippen molar-refractivity contribution in [1.29, 1.82) is 0 Å². The molecule has 3 nitrogen and oxygen atoms in total. The van der Waals surface area contributed by atoms with Crippen LogP contribution in [-0.4, -0.2) is 5.75 Å². The van der Waals surface area contributed by atoms with Crippen molar-refractivity contribution in [3.05, 3.63) is 5.89 Å². The molecule has 0 spiro atoms. The smallest absolute Gasteiger partial charge is 0.263 e. The minimum atomic E-state index is -0.181. The minimum Gasteiger partial charge on any atom is -0.539 e. The maximum Gasteiger partial charge on any atom is 0.263 e. The molecule has 0 aromatic carbocycles. The van der Waals surface area contributed by atoms with E-state index in [-0.39, 0.29) is 5.95 Å². The molecule has 1 aromatic rings. The molecule has 4 heteroatoms. The molecule has 1 aliphatic rings. The van der Waals surface area contributed by atoms with Crippen LogP contribution in [0.15, 0.2) is 9.44 Å². The molecule has 0 amide bonds. The van der Waals surface area contributed by atoms with Crippen LogP contribution in [0.25, 0.3) is 0 Å². The van der Waals surface area contributed by atoms with E-state index in [0.717, 1.165) is 23.2 Å². The van der Waals surface area contributed by atoms with Gasteiger partial charge in [-0.25, -0.2) is 0 Å². The first-order chi connectivity index (χ1) is 4.79. The van der Waals surface area contributed by atoms with E-state index in [0.29, 0.717) is 0 Å². The highest BCUT2D eigenvalue weighted by Crippen LogP contribution is 2.28. The molecule has 0 fully saturated rings. The Hall–Kier alpha value is -0.640. The number of rotatable bonds is 0. The van der Waals surface area contributed by atoms with Gasteiger partial charge in [0, 0.05) is 6.92 Å². The number of hydrogen-bond donors (Lipinski definition) is 0. The first-order valence-corrected chi connectivity index (χ1v) is 4.10. The Morgan fingerprint density at radius 1 is 1.70 bits per heavy atom. The van der Waals surface area contributed by atoms with E-state index in [9.17, 15) is 5.11 Å². The predicted molar refractivity (Wildman–Crippen MR) is 33.8 cm³/mol. The molecule has 1 aromatic heterocycles. The fraction of sp³-hybridized carbons (Fsp3) is 0.500. The van der Waals surface area contributed by atoms with E-state index in [1.54, 1.807) is 11.8 Å². The molecule has 0 atom stereocenters. The number of fused-ring (bicyclic) bond motifs is 1. The van der Waals surface area contributed by atoms with Gasteiger partial charge in [0.2, 0.25) is 5.89 Å². The van der Waals surface area contributed by atoms with Gasteiger partial charge in [0.15, 0.2) is 6.54 Å². The van der Waals surface area contributed by atoms with Crippen molar-refractivity contribution in [2.75, 3.05) is 5.75 Å². The van der Waals surface area contributed by atoms with Gasteiger partial charge in [-0.1, -0.05) is 0 Å². The van der Waals surface area contributed by atoms with Crippen LogP contribution in [-0.2, 0) is 6.54 Å². The summed E-state index contributed by atoms with van der Waals surface area (Å²) in [6.45, 7) is 2.73. The van der Waals surface area contributed by atoms with Gasteiger partial charge in [-0.2, -0.15) is 4.57 Å². The van der Waals surface area contributed by atoms with Gasteiger partial charge in [-0.05, 0) is 11.8 Å². The van der Waals surface area contributed by atoms with Gasteiger partial charge >= 0.3 is 0 Å². The van der Waals surface area contributed by atoms with Crippen LogP contribution in [0.5, 0.6) is 5.95 Å². The third kappa shape index (κ3) is 0.653. The van der Waals surface area contributed by atoms with E-state index in [4.69, 9.17) is 4.42 Å². The zero-order valence-electron chi connectivity index (χ0n) is 5.59. The number of nitrogens with zero attached hydrogens (tertiary/aromatic N) is 1. The average molecular weight is 157 g/mol. The molecule has 0 unspecified atom stereocenters. The summed E-state index contributed by atoms with van der Waals surface area (Å²) in [6, 6.07) is 0. The lowest BCUT2D eigenvalue weighted by Gasteiger charge is -1.87. The summed E-state index contributed by atoms with van der Waals surface area (Å²) in [4.78, 5) is 0. The average Bonchev–Trinajstić information content (AvgIpc) is 2.39. The van der Waals surface area contributed by atoms with Crippen LogP contribution >= 0.6 is 11.8 Å². The van der Waals surface area contributed by atoms with E-state index >= 15 is 0 Å². The predicted octanol–water partition coefficient (Wildman–Crippen LogP) is 0.0548. The Balaban J connectivity index is 2.61. The van der Waals surface area contributed by atoms with Gasteiger partial charge < -0.3 is 9.52 Å². The summed E-state index contributed by atoms with van der Waals surface area (Å²) >= 11 is 1.57. The summed E-state index contributed by atoms with van der Waals surface area (Å²) in [5, 5.41) is 11.7. The highest BCUT2D eigenvalue weighted by molar-refractivity contribution is 7.99. The van der Waals surface area contributed by atoms with E-state index < -0.39 is 0 Å². The van der Waals surface area contributed by atoms with Crippen molar-refractivity contribution < 1.29 is 14.1 Å². The highest BCUT2D eigenvalue weighted by atomic mass is 32.2. The molecule has 2 rings (SSSR count). The lowest BCUT2D eigenvalue weighted by molar-refractivity contribution is -0.731. The largest absolute Gasteiger partial charge is 0.539 e. The van der Waals surface area contributed by atoms with Gasteiger partial charge in [-0.3, -0.25) is 0 Å². The summed E-state index contributed by atoms with van der Waals surface area (Å²) < 4.78 is 6.80. The first-order valence-electron chi connectivity index (χ1n) is 3.12. The Kier molecular flexibility index (Phi) is 1.17. The number of thioether (sulfide) groups is 1. The van der Waals surface area contributed by atoms with Crippen molar-refractivity contribution in [2.45, 2.75) is 18.5 Å². The van der Waals surface area contributed by atoms with Crippen molar-refractivity contribution in [1.82, 2.24) is 0 Å².